The van der Waals surface area contributed by atoms with E-state index in [0.717, 1.165) is 22.3 Å². The van der Waals surface area contributed by atoms with Crippen LogP contribution in [0.15, 0.2) is 48.5 Å². The van der Waals surface area contributed by atoms with E-state index >= 15 is 0 Å². The summed E-state index contributed by atoms with van der Waals surface area (Å²) in [7, 11) is 0. The molecule has 2 saturated heterocycles. The van der Waals surface area contributed by atoms with E-state index in [0.29, 0.717) is 38.8 Å². The van der Waals surface area contributed by atoms with Crippen LogP contribution in [-0.4, -0.2) is 64.2 Å². The Bertz CT molecular complexity index is 1120. The smallest absolute Gasteiger partial charge is 0.410 e. The summed E-state index contributed by atoms with van der Waals surface area (Å²) in [6.45, 7) is 4.88. The average Bonchev–Trinajstić information content (AvgIpc) is 3.51. The Kier molecular flexibility index (Phi) is 6.03. The molecule has 0 unspecified atom stereocenters. The minimum absolute atomic E-state index is 0.0527. The predicted molar refractivity (Wildman–Crippen MR) is 131 cm³/mol. The molecule has 0 aromatic heterocycles. The summed E-state index contributed by atoms with van der Waals surface area (Å²) >= 11 is 0. The quantitative estimate of drug-likeness (QED) is 0.663. The molecule has 1 N–H and O–H groups in total. The number of carboxylic acids is 1. The molecule has 3 aliphatic rings. The van der Waals surface area contributed by atoms with Crippen LogP contribution in [0.4, 0.5) is 4.79 Å². The third-order valence-corrected chi connectivity index (χ3v) is 7.83. The SMILES string of the molecule is CC(C)C[C@@H](C(=O)O)N1CC[C@@]2(CCCN2C(=O)OCC2c3ccccc3-c3ccccc32)C1=O. The summed E-state index contributed by atoms with van der Waals surface area (Å²) < 4.78 is 5.87. The zero-order valence-corrected chi connectivity index (χ0v) is 20.3. The molecule has 0 bridgehead atoms. The maximum atomic E-state index is 13.6. The molecule has 35 heavy (non-hydrogen) atoms. The lowest BCUT2D eigenvalue weighted by Gasteiger charge is -2.34. The van der Waals surface area contributed by atoms with Gasteiger partial charge in [-0.15, -0.1) is 0 Å². The first-order valence-corrected chi connectivity index (χ1v) is 12.5. The first kappa shape index (κ1) is 23.4. The lowest BCUT2D eigenvalue weighted by Crippen LogP contribution is -2.55. The highest BCUT2D eigenvalue weighted by Crippen LogP contribution is 2.45. The number of aliphatic carboxylic acids is 1. The summed E-state index contributed by atoms with van der Waals surface area (Å²) in [5, 5.41) is 9.77. The third-order valence-electron chi connectivity index (χ3n) is 7.83. The number of carbonyl (C=O) groups excluding carboxylic acids is 2. The van der Waals surface area contributed by atoms with Crippen LogP contribution >= 0.6 is 0 Å². The van der Waals surface area contributed by atoms with Crippen LogP contribution in [0.3, 0.4) is 0 Å². The first-order valence-electron chi connectivity index (χ1n) is 12.5. The van der Waals surface area contributed by atoms with Gasteiger partial charge in [-0.05, 0) is 53.9 Å². The predicted octanol–water partition coefficient (Wildman–Crippen LogP) is 4.50. The van der Waals surface area contributed by atoms with Gasteiger partial charge < -0.3 is 14.7 Å². The average molecular weight is 477 g/mol. The van der Waals surface area contributed by atoms with Crippen molar-refractivity contribution in [3.63, 3.8) is 0 Å². The van der Waals surface area contributed by atoms with Gasteiger partial charge in [-0.25, -0.2) is 9.59 Å². The summed E-state index contributed by atoms with van der Waals surface area (Å²) in [5.74, 6) is -1.16. The van der Waals surface area contributed by atoms with Crippen LogP contribution in [0.2, 0.25) is 0 Å². The molecular weight excluding hydrogens is 444 g/mol. The molecular formula is C28H32N2O5. The second-order valence-electron chi connectivity index (χ2n) is 10.3. The van der Waals surface area contributed by atoms with E-state index in [1.54, 1.807) is 4.90 Å². The van der Waals surface area contributed by atoms with Crippen LogP contribution in [0.1, 0.15) is 56.6 Å². The fourth-order valence-electron chi connectivity index (χ4n) is 6.19. The maximum absolute atomic E-state index is 13.6. The van der Waals surface area contributed by atoms with E-state index in [9.17, 15) is 19.5 Å². The van der Waals surface area contributed by atoms with Crippen LogP contribution in [0.5, 0.6) is 0 Å². The van der Waals surface area contributed by atoms with Crippen molar-refractivity contribution >= 4 is 18.0 Å². The van der Waals surface area contributed by atoms with Gasteiger partial charge in [0.25, 0.3) is 0 Å². The Labute approximate surface area is 205 Å². The van der Waals surface area contributed by atoms with Crippen molar-refractivity contribution in [1.29, 1.82) is 0 Å². The molecule has 2 aromatic rings. The molecule has 7 nitrogen and oxygen atoms in total. The van der Waals surface area contributed by atoms with Gasteiger partial charge in [-0.3, -0.25) is 9.69 Å². The van der Waals surface area contributed by atoms with Crippen molar-refractivity contribution in [3.05, 3.63) is 59.7 Å². The topological polar surface area (TPSA) is 87.2 Å². The fraction of sp³-hybridized carbons (Fsp3) is 0.464. The number of benzene rings is 2. The van der Waals surface area contributed by atoms with Crippen LogP contribution in [0, 0.1) is 5.92 Å². The Morgan fingerprint density at radius 3 is 2.26 bits per heavy atom. The van der Waals surface area contributed by atoms with Gasteiger partial charge in [0, 0.05) is 19.0 Å². The Morgan fingerprint density at radius 1 is 1.03 bits per heavy atom. The van der Waals surface area contributed by atoms with E-state index in [2.05, 4.69) is 24.3 Å². The van der Waals surface area contributed by atoms with E-state index in [4.69, 9.17) is 4.74 Å². The number of likely N-dealkylation sites (tertiary alicyclic amines) is 2. The van der Waals surface area contributed by atoms with Gasteiger partial charge >= 0.3 is 12.1 Å². The highest BCUT2D eigenvalue weighted by atomic mass is 16.6. The number of carboxylic acid groups (broad SMARTS) is 1. The number of hydrogen-bond acceptors (Lipinski definition) is 4. The Morgan fingerprint density at radius 2 is 1.66 bits per heavy atom. The van der Waals surface area contributed by atoms with Gasteiger partial charge in [-0.1, -0.05) is 62.4 Å². The number of nitrogens with zero attached hydrogens (tertiary/aromatic N) is 2. The summed E-state index contributed by atoms with van der Waals surface area (Å²) in [6, 6.07) is 15.5. The molecule has 0 radical (unpaired) electrons. The van der Waals surface area contributed by atoms with Gasteiger partial charge in [0.15, 0.2) is 0 Å². The van der Waals surface area contributed by atoms with Crippen molar-refractivity contribution in [2.45, 2.75) is 57.0 Å². The molecule has 1 spiro atoms. The molecule has 1 aliphatic carbocycles. The van der Waals surface area contributed by atoms with Crippen LogP contribution in [0.25, 0.3) is 11.1 Å². The molecule has 2 aliphatic heterocycles. The molecule has 5 rings (SSSR count). The van der Waals surface area contributed by atoms with Crippen molar-refractivity contribution in [2.75, 3.05) is 19.7 Å². The van der Waals surface area contributed by atoms with E-state index in [-0.39, 0.29) is 24.3 Å². The highest BCUT2D eigenvalue weighted by molar-refractivity contribution is 5.95. The summed E-state index contributed by atoms with van der Waals surface area (Å²) in [5.41, 5.74) is 3.60. The van der Waals surface area contributed by atoms with Crippen molar-refractivity contribution < 1.29 is 24.2 Å². The Balaban J connectivity index is 1.33. The van der Waals surface area contributed by atoms with Gasteiger partial charge in [-0.2, -0.15) is 0 Å². The molecule has 2 amide bonds. The zero-order valence-electron chi connectivity index (χ0n) is 20.3. The molecule has 2 heterocycles. The molecule has 2 fully saturated rings. The number of amides is 2. The normalized spacial score (nSPS) is 22.1. The lowest BCUT2D eigenvalue weighted by atomic mass is 9.94. The van der Waals surface area contributed by atoms with Gasteiger partial charge in [0.05, 0.1) is 0 Å². The second kappa shape index (κ2) is 9.02. The van der Waals surface area contributed by atoms with Crippen molar-refractivity contribution in [2.24, 2.45) is 5.92 Å². The van der Waals surface area contributed by atoms with E-state index in [1.807, 2.05) is 38.1 Å². The van der Waals surface area contributed by atoms with E-state index in [1.165, 1.54) is 4.90 Å². The standard InChI is InChI=1S/C28H32N2O5/c1-18(2)16-24(25(31)32)29-15-13-28(26(29)33)12-7-14-30(28)27(34)35-17-23-21-10-5-3-8-19(21)20-9-4-6-11-22(20)23/h3-6,8-11,18,23-24H,7,12-17H2,1-2H3,(H,31,32)/t24-,28-/m0/s1. The van der Waals surface area contributed by atoms with Crippen LogP contribution in [-0.2, 0) is 14.3 Å². The number of carbonyl (C=O) groups is 3. The molecule has 2 aromatic carbocycles. The van der Waals surface area contributed by atoms with Crippen molar-refractivity contribution in [3.8, 4) is 11.1 Å². The number of ether oxygens (including phenoxy) is 1. The largest absolute Gasteiger partial charge is 0.480 e. The number of fused-ring (bicyclic) bond motifs is 3. The highest BCUT2D eigenvalue weighted by Gasteiger charge is 2.57. The molecule has 0 saturated carbocycles. The summed E-state index contributed by atoms with van der Waals surface area (Å²) in [4.78, 5) is 41.9. The lowest BCUT2D eigenvalue weighted by molar-refractivity contribution is -0.151. The third kappa shape index (κ3) is 3.87. The van der Waals surface area contributed by atoms with Gasteiger partial charge in [0.1, 0.15) is 18.2 Å². The van der Waals surface area contributed by atoms with Crippen LogP contribution < -0.4 is 0 Å². The Hall–Kier alpha value is -3.35. The maximum Gasteiger partial charge on any atom is 0.410 e. The molecule has 7 heteroatoms. The van der Waals surface area contributed by atoms with Gasteiger partial charge in [0.2, 0.25) is 5.91 Å². The monoisotopic (exact) mass is 476 g/mol. The minimum atomic E-state index is -0.993. The number of rotatable bonds is 6. The second-order valence-corrected chi connectivity index (χ2v) is 10.3. The fourth-order valence-corrected chi connectivity index (χ4v) is 6.19. The molecule has 184 valence electrons. The minimum Gasteiger partial charge on any atom is -0.480 e. The van der Waals surface area contributed by atoms with Crippen molar-refractivity contribution in [1.82, 2.24) is 9.80 Å². The first-order chi connectivity index (χ1) is 16.8. The van der Waals surface area contributed by atoms with E-state index < -0.39 is 23.6 Å². The molecule has 2 atom stereocenters. The summed E-state index contributed by atoms with van der Waals surface area (Å²) in [6.07, 6.45) is 1.59. The number of hydrogen-bond donors (Lipinski definition) is 1. The zero-order chi connectivity index (χ0) is 24.7.